The van der Waals surface area contributed by atoms with Gasteiger partial charge in [0.2, 0.25) is 0 Å². The van der Waals surface area contributed by atoms with Crippen LogP contribution in [-0.4, -0.2) is 57.4 Å². The van der Waals surface area contributed by atoms with E-state index in [0.717, 1.165) is 5.56 Å². The summed E-state index contributed by atoms with van der Waals surface area (Å²) in [4.78, 5) is 13.0. The van der Waals surface area contributed by atoms with E-state index in [9.17, 15) is 21.6 Å². The van der Waals surface area contributed by atoms with E-state index in [2.05, 4.69) is 0 Å². The van der Waals surface area contributed by atoms with Crippen LogP contribution in [-0.2, 0) is 26.2 Å². The van der Waals surface area contributed by atoms with E-state index in [4.69, 9.17) is 5.11 Å². The Morgan fingerprint density at radius 2 is 1.48 bits per heavy atom. The summed E-state index contributed by atoms with van der Waals surface area (Å²) < 4.78 is 43.2. The van der Waals surface area contributed by atoms with E-state index in [1.54, 1.807) is 0 Å². The van der Waals surface area contributed by atoms with Crippen molar-refractivity contribution in [3.8, 4) is 0 Å². The SMILES string of the molecule is O=C(O)CCC(c1ccccc1)N(CCC[SH](=O)=O)CCC[SH](=O)=O. The van der Waals surface area contributed by atoms with E-state index in [1.165, 1.54) is 0 Å². The maximum absolute atomic E-state index is 11.0. The van der Waals surface area contributed by atoms with Gasteiger partial charge in [-0.05, 0) is 37.9 Å². The smallest absolute Gasteiger partial charge is 0.303 e. The Morgan fingerprint density at radius 1 is 0.960 bits per heavy atom. The van der Waals surface area contributed by atoms with Crippen LogP contribution < -0.4 is 0 Å². The van der Waals surface area contributed by atoms with Crippen LogP contribution in [0.25, 0.3) is 0 Å². The standard InChI is InChI=1S/C16H25NO6S2/c18-16(19)9-8-15(14-6-2-1-3-7-14)17(10-4-12-24(20)21)11-5-13-25(22)23/h1-3,6-7,15,24-25H,4-5,8-13H2,(H,18,19). The number of benzene rings is 1. The lowest BCUT2D eigenvalue weighted by Gasteiger charge is -2.32. The molecule has 9 heteroatoms. The first-order chi connectivity index (χ1) is 11.9. The summed E-state index contributed by atoms with van der Waals surface area (Å²) in [6, 6.07) is 9.22. The highest BCUT2D eigenvalue weighted by Crippen LogP contribution is 2.26. The molecule has 0 bridgehead atoms. The lowest BCUT2D eigenvalue weighted by atomic mass is 9.99. The van der Waals surface area contributed by atoms with E-state index < -0.39 is 27.4 Å². The van der Waals surface area contributed by atoms with Crippen molar-refractivity contribution in [3.63, 3.8) is 0 Å². The molecule has 1 aromatic rings. The van der Waals surface area contributed by atoms with Crippen molar-refractivity contribution in [1.29, 1.82) is 0 Å². The van der Waals surface area contributed by atoms with Gasteiger partial charge in [-0.1, -0.05) is 30.3 Å². The minimum absolute atomic E-state index is 0.0122. The topological polar surface area (TPSA) is 109 Å². The van der Waals surface area contributed by atoms with Gasteiger partial charge in [0.25, 0.3) is 0 Å². The number of hydrogen-bond donors (Lipinski definition) is 3. The van der Waals surface area contributed by atoms with Crippen LogP contribution >= 0.6 is 0 Å². The zero-order valence-corrected chi connectivity index (χ0v) is 15.7. The summed E-state index contributed by atoms with van der Waals surface area (Å²) in [6.07, 6.45) is 1.23. The molecule has 0 aliphatic rings. The fourth-order valence-electron chi connectivity index (χ4n) is 2.72. The molecule has 0 heterocycles. The van der Waals surface area contributed by atoms with Gasteiger partial charge >= 0.3 is 5.97 Å². The molecule has 1 rings (SSSR count). The van der Waals surface area contributed by atoms with Gasteiger partial charge in [-0.25, -0.2) is 16.8 Å². The summed E-state index contributed by atoms with van der Waals surface area (Å²) in [5.74, 6) is -0.782. The summed E-state index contributed by atoms with van der Waals surface area (Å²) >= 11 is 0. The van der Waals surface area contributed by atoms with Crippen molar-refractivity contribution < 1.29 is 26.7 Å². The summed E-state index contributed by atoms with van der Waals surface area (Å²) in [6.45, 7) is 0.941. The number of aliphatic carboxylic acids is 1. The lowest BCUT2D eigenvalue weighted by molar-refractivity contribution is -0.137. The van der Waals surface area contributed by atoms with Crippen LogP contribution in [0.15, 0.2) is 30.3 Å². The van der Waals surface area contributed by atoms with E-state index >= 15 is 0 Å². The monoisotopic (exact) mass is 391 g/mol. The maximum Gasteiger partial charge on any atom is 0.303 e. The normalized spacial score (nSPS) is 12.8. The van der Waals surface area contributed by atoms with Gasteiger partial charge in [0.05, 0.1) is 0 Å². The molecule has 0 fully saturated rings. The number of carboxylic acids is 1. The molecule has 1 atom stereocenters. The Bertz CT molecular complexity index is 628. The highest BCUT2D eigenvalue weighted by atomic mass is 32.2. The molecule has 25 heavy (non-hydrogen) atoms. The Morgan fingerprint density at radius 3 is 1.92 bits per heavy atom. The van der Waals surface area contributed by atoms with Crippen LogP contribution in [0, 0.1) is 0 Å². The van der Waals surface area contributed by atoms with Gasteiger partial charge in [-0.2, -0.15) is 0 Å². The third kappa shape index (κ3) is 9.57. The number of carbonyl (C=O) groups is 1. The molecule has 1 N–H and O–H groups in total. The first-order valence-corrected chi connectivity index (χ1v) is 10.9. The number of hydrogen-bond acceptors (Lipinski definition) is 6. The first-order valence-electron chi connectivity index (χ1n) is 8.14. The van der Waals surface area contributed by atoms with Gasteiger partial charge in [0.1, 0.15) is 21.4 Å². The molecule has 142 valence electrons. The second kappa shape index (κ2) is 12.0. The summed E-state index contributed by atoms with van der Waals surface area (Å²) in [5, 5.41) is 9.01. The maximum atomic E-state index is 11.0. The number of nitrogens with zero attached hydrogens (tertiary/aromatic N) is 1. The van der Waals surface area contributed by atoms with E-state index in [-0.39, 0.29) is 24.0 Å². The van der Waals surface area contributed by atoms with Crippen molar-refractivity contribution in [2.24, 2.45) is 0 Å². The van der Waals surface area contributed by atoms with Crippen LogP contribution in [0.5, 0.6) is 0 Å². The second-order valence-corrected chi connectivity index (χ2v) is 7.94. The molecule has 0 aromatic heterocycles. The molecule has 1 unspecified atom stereocenters. The molecule has 0 saturated heterocycles. The third-order valence-electron chi connectivity index (χ3n) is 3.83. The highest BCUT2D eigenvalue weighted by Gasteiger charge is 2.21. The van der Waals surface area contributed by atoms with Crippen LogP contribution in [0.4, 0.5) is 0 Å². The second-order valence-electron chi connectivity index (χ2n) is 5.71. The van der Waals surface area contributed by atoms with Crippen molar-refractivity contribution in [2.75, 3.05) is 24.6 Å². The van der Waals surface area contributed by atoms with Crippen molar-refractivity contribution in [3.05, 3.63) is 35.9 Å². The summed E-state index contributed by atoms with van der Waals surface area (Å²) in [5.41, 5.74) is 0.946. The lowest BCUT2D eigenvalue weighted by Crippen LogP contribution is -2.32. The molecule has 0 spiro atoms. The Labute approximate surface area is 151 Å². The zero-order chi connectivity index (χ0) is 18.7. The largest absolute Gasteiger partial charge is 0.481 e. The van der Waals surface area contributed by atoms with E-state index in [0.29, 0.717) is 32.4 Å². The highest BCUT2D eigenvalue weighted by molar-refractivity contribution is 7.72. The number of rotatable bonds is 13. The quantitative estimate of drug-likeness (QED) is 0.429. The van der Waals surface area contributed by atoms with Gasteiger partial charge < -0.3 is 5.11 Å². The van der Waals surface area contributed by atoms with Gasteiger partial charge in [0, 0.05) is 24.0 Å². The summed E-state index contributed by atoms with van der Waals surface area (Å²) in [7, 11) is -4.93. The molecule has 0 radical (unpaired) electrons. The number of thiol groups is 2. The van der Waals surface area contributed by atoms with Crippen LogP contribution in [0.3, 0.4) is 0 Å². The average molecular weight is 392 g/mol. The van der Waals surface area contributed by atoms with Gasteiger partial charge in [-0.15, -0.1) is 0 Å². The molecule has 0 aliphatic heterocycles. The Hall–Kier alpha value is -1.45. The van der Waals surface area contributed by atoms with Crippen molar-refractivity contribution in [2.45, 2.75) is 31.7 Å². The van der Waals surface area contributed by atoms with Gasteiger partial charge in [-0.3, -0.25) is 9.69 Å². The molecule has 0 amide bonds. The molecule has 0 saturated carbocycles. The number of carboxylic acid groups (broad SMARTS) is 1. The molecule has 1 aromatic carbocycles. The fraction of sp³-hybridized carbons (Fsp3) is 0.562. The molecular formula is C16H25NO6S2. The predicted octanol–water partition coefficient (Wildman–Crippen LogP) is 0.898. The molecule has 7 nitrogen and oxygen atoms in total. The molecular weight excluding hydrogens is 366 g/mol. The van der Waals surface area contributed by atoms with Gasteiger partial charge in [0.15, 0.2) is 0 Å². The minimum Gasteiger partial charge on any atom is -0.481 e. The van der Waals surface area contributed by atoms with Crippen molar-refractivity contribution >= 4 is 27.4 Å². The van der Waals surface area contributed by atoms with Crippen LogP contribution in [0.2, 0.25) is 0 Å². The molecule has 0 aliphatic carbocycles. The Balaban J connectivity index is 2.91. The fourth-order valence-corrected chi connectivity index (χ4v) is 3.52. The van der Waals surface area contributed by atoms with Crippen molar-refractivity contribution in [1.82, 2.24) is 4.90 Å². The van der Waals surface area contributed by atoms with E-state index in [1.807, 2.05) is 35.2 Å². The minimum atomic E-state index is -2.46. The average Bonchev–Trinajstić information content (AvgIpc) is 2.54. The predicted molar refractivity (Wildman–Crippen MR) is 97.2 cm³/mol. The van der Waals surface area contributed by atoms with Crippen LogP contribution in [0.1, 0.15) is 37.3 Å². The zero-order valence-electron chi connectivity index (χ0n) is 14.0. The Kier molecular flexibility index (Phi) is 10.4. The first kappa shape index (κ1) is 21.6. The third-order valence-corrected chi connectivity index (χ3v) is 5.19.